The van der Waals surface area contributed by atoms with Crippen LogP contribution in [0.1, 0.15) is 0 Å². The number of nitrogens with zero attached hydrogens (tertiary/aromatic N) is 1. The summed E-state index contributed by atoms with van der Waals surface area (Å²) in [5.74, 6) is 1.10. The van der Waals surface area contributed by atoms with E-state index in [1.165, 1.54) is 10.6 Å². The van der Waals surface area contributed by atoms with Gasteiger partial charge in [-0.1, -0.05) is 12.1 Å². The van der Waals surface area contributed by atoms with Crippen LogP contribution in [0, 0.1) is 0 Å². The molecule has 0 spiro atoms. The van der Waals surface area contributed by atoms with Crippen molar-refractivity contribution in [3.63, 3.8) is 0 Å². The molecule has 0 amide bonds. The molecule has 0 saturated carbocycles. The molecule has 1 aliphatic rings. The lowest BCUT2D eigenvalue weighted by Gasteiger charge is -2.08. The van der Waals surface area contributed by atoms with Crippen molar-refractivity contribution in [2.45, 2.75) is 4.90 Å². The van der Waals surface area contributed by atoms with E-state index in [-0.39, 0.29) is 0 Å². The van der Waals surface area contributed by atoms with Gasteiger partial charge in [-0.2, -0.15) is 0 Å². The first-order valence-electron chi connectivity index (χ1n) is 3.78. The van der Waals surface area contributed by atoms with Crippen LogP contribution >= 0.6 is 11.8 Å². The van der Waals surface area contributed by atoms with Gasteiger partial charge in [0.2, 0.25) is 0 Å². The first kappa shape index (κ1) is 12.1. The maximum atomic E-state index is 8.68. The highest BCUT2D eigenvalue weighted by Gasteiger charge is 2.13. The minimum absolute atomic E-state index is 1.10. The number of para-hydroxylation sites is 1. The van der Waals surface area contributed by atoms with Crippen LogP contribution in [0.5, 0.6) is 0 Å². The molecule has 1 heterocycles. The Labute approximate surface area is 95.6 Å². The van der Waals surface area contributed by atoms with Crippen molar-refractivity contribution in [1.82, 2.24) is 0 Å². The van der Waals surface area contributed by atoms with Crippen molar-refractivity contribution in [3.05, 3.63) is 24.3 Å². The van der Waals surface area contributed by atoms with Gasteiger partial charge >= 0.3 is 21.1 Å². The van der Waals surface area contributed by atoms with E-state index in [1.807, 2.05) is 11.8 Å². The van der Waals surface area contributed by atoms with Crippen molar-refractivity contribution in [3.8, 4) is 0 Å². The number of halogens is 1. The maximum Gasteiger partial charge on any atom is 0.503 e. The van der Waals surface area contributed by atoms with Gasteiger partial charge in [0.05, 0.1) is 11.6 Å². The third kappa shape index (κ3) is 3.62. The topological polar surface area (TPSA) is 69.6 Å². The molecule has 4 nitrogen and oxygen atoms in total. The molecule has 2 rings (SSSR count). The van der Waals surface area contributed by atoms with Gasteiger partial charge in [-0.3, -0.25) is 0 Å². The van der Waals surface area contributed by atoms with Gasteiger partial charge in [-0.25, -0.2) is 0 Å². The molecule has 0 unspecified atom stereocenters. The van der Waals surface area contributed by atoms with Crippen LogP contribution in [0.4, 0.5) is 5.69 Å². The Kier molecular flexibility index (Phi) is 4.96. The standard InChI is InChI=1S/C8H9NS.HIO3/c1-9-6-10-8-5-3-2-4-7(8)9;2-1(3)4/h2-5H,6H2,1H3;2H. The van der Waals surface area contributed by atoms with Gasteiger partial charge in [0.25, 0.3) is 0 Å². The van der Waals surface area contributed by atoms with Crippen LogP contribution < -0.4 is 32.8 Å². The van der Waals surface area contributed by atoms with Crippen molar-refractivity contribution < 1.29 is 31.4 Å². The number of hydrogen-bond acceptors (Lipinski definition) is 5. The lowest BCUT2D eigenvalue weighted by Crippen LogP contribution is -3.98. The second kappa shape index (κ2) is 5.76. The highest BCUT2D eigenvalue weighted by molar-refractivity contribution is 7.99. The summed E-state index contributed by atoms with van der Waals surface area (Å²) in [4.78, 5) is 3.67. The van der Waals surface area contributed by atoms with Crippen LogP contribution in [0.2, 0.25) is 0 Å². The van der Waals surface area contributed by atoms with Crippen LogP contribution in [-0.2, 0) is 0 Å². The second-order valence-corrected chi connectivity index (χ2v) is 4.77. The van der Waals surface area contributed by atoms with E-state index in [9.17, 15) is 0 Å². The molecular formula is C8H10INO3S. The van der Waals surface area contributed by atoms with Crippen molar-refractivity contribution in [2.24, 2.45) is 0 Å². The van der Waals surface area contributed by atoms with Crippen LogP contribution in [0.25, 0.3) is 0 Å². The van der Waals surface area contributed by atoms with E-state index in [1.54, 1.807) is 0 Å². The predicted molar refractivity (Wildman–Crippen MR) is 47.8 cm³/mol. The fourth-order valence-corrected chi connectivity index (χ4v) is 2.15. The predicted octanol–water partition coefficient (Wildman–Crippen LogP) is -3.74. The summed E-state index contributed by atoms with van der Waals surface area (Å²) in [6.07, 6.45) is 0. The number of hydrogen-bond donors (Lipinski definition) is 1. The Morgan fingerprint density at radius 3 is 2.57 bits per heavy atom. The van der Waals surface area contributed by atoms with Gasteiger partial charge in [-0.15, -0.1) is 11.8 Å². The smallest absolute Gasteiger partial charge is 0.396 e. The molecule has 6 heteroatoms. The van der Waals surface area contributed by atoms with Gasteiger partial charge in [0.1, 0.15) is 0 Å². The molecule has 0 fully saturated rings. The van der Waals surface area contributed by atoms with E-state index in [0.717, 1.165) is 5.88 Å². The summed E-state index contributed by atoms with van der Waals surface area (Å²) in [7, 11) is 2.12. The number of fused-ring (bicyclic) bond motifs is 1. The lowest BCUT2D eigenvalue weighted by atomic mass is 10.3. The molecule has 14 heavy (non-hydrogen) atoms. The quantitative estimate of drug-likeness (QED) is 0.496. The third-order valence-corrected chi connectivity index (χ3v) is 2.86. The number of anilines is 1. The molecule has 0 aliphatic carbocycles. The second-order valence-electron chi connectivity index (χ2n) is 2.64. The van der Waals surface area contributed by atoms with Crippen molar-refractivity contribution >= 4 is 17.4 Å². The van der Waals surface area contributed by atoms with E-state index in [0.29, 0.717) is 0 Å². The van der Waals surface area contributed by atoms with Crippen LogP contribution in [0.3, 0.4) is 0 Å². The summed E-state index contributed by atoms with van der Waals surface area (Å²) in [6, 6.07) is 8.50. The zero-order valence-electron chi connectivity index (χ0n) is 7.51. The van der Waals surface area contributed by atoms with E-state index < -0.39 is 21.1 Å². The Hall–Kier alpha value is -0.0200. The zero-order valence-corrected chi connectivity index (χ0v) is 10.5. The highest BCUT2D eigenvalue weighted by Crippen LogP contribution is 2.36. The molecule has 0 saturated heterocycles. The molecule has 1 aliphatic heterocycles. The van der Waals surface area contributed by atoms with Crippen LogP contribution in [0.15, 0.2) is 29.2 Å². The maximum absolute atomic E-state index is 8.68. The molecule has 1 aromatic rings. The fraction of sp³-hybridized carbons (Fsp3) is 0.250. The minimum atomic E-state index is -3.76. The molecular weight excluding hydrogens is 317 g/mol. The largest absolute Gasteiger partial charge is 0.503 e. The monoisotopic (exact) mass is 327 g/mol. The lowest BCUT2D eigenvalue weighted by molar-refractivity contribution is -1.63. The zero-order chi connectivity index (χ0) is 10.6. The normalized spacial score (nSPS) is 13.6. The number of rotatable bonds is 0. The summed E-state index contributed by atoms with van der Waals surface area (Å²) >= 11 is -1.86. The molecule has 0 aromatic heterocycles. The first-order chi connectivity index (χ1) is 6.61. The molecule has 0 radical (unpaired) electrons. The van der Waals surface area contributed by atoms with E-state index in [4.69, 9.17) is 10.3 Å². The fourth-order valence-electron chi connectivity index (χ4n) is 1.13. The molecule has 0 atom stereocenters. The van der Waals surface area contributed by atoms with Gasteiger partial charge < -0.3 is 11.8 Å². The Balaban J connectivity index is 0.000000213. The Morgan fingerprint density at radius 2 is 2.00 bits per heavy atom. The molecule has 78 valence electrons. The summed E-state index contributed by atoms with van der Waals surface area (Å²) in [5.41, 5.74) is 1.37. The molecule has 1 N–H and O–H groups in total. The summed E-state index contributed by atoms with van der Waals surface area (Å²) in [6.45, 7) is 0. The van der Waals surface area contributed by atoms with Crippen LogP contribution in [-0.4, -0.2) is 16.4 Å². The Morgan fingerprint density at radius 1 is 1.43 bits per heavy atom. The summed E-state index contributed by atoms with van der Waals surface area (Å²) < 4.78 is 24.5. The average Bonchev–Trinajstić information content (AvgIpc) is 2.48. The minimum Gasteiger partial charge on any atom is -0.396 e. The van der Waals surface area contributed by atoms with Crippen molar-refractivity contribution in [1.29, 1.82) is 0 Å². The van der Waals surface area contributed by atoms with E-state index in [2.05, 4.69) is 36.2 Å². The SMILES string of the molecule is CN1CSc2ccccc21.[O-][I+2]([O-])O. The summed E-state index contributed by atoms with van der Waals surface area (Å²) in [5, 5.41) is 0. The van der Waals surface area contributed by atoms with Crippen molar-refractivity contribution in [2.75, 3.05) is 17.8 Å². The third-order valence-electron chi connectivity index (χ3n) is 1.69. The molecule has 1 aromatic carbocycles. The number of benzene rings is 1. The first-order valence-corrected chi connectivity index (χ1v) is 7.50. The molecule has 0 bridgehead atoms. The van der Waals surface area contributed by atoms with E-state index >= 15 is 0 Å². The Bertz CT molecular complexity index is 295. The highest BCUT2D eigenvalue weighted by atomic mass is 127. The van der Waals surface area contributed by atoms with Gasteiger partial charge in [0, 0.05) is 11.9 Å². The number of thioether (sulfide) groups is 1. The van der Waals surface area contributed by atoms with Gasteiger partial charge in [0.15, 0.2) is 0 Å². The average molecular weight is 327 g/mol. The van der Waals surface area contributed by atoms with Gasteiger partial charge in [-0.05, 0) is 15.6 Å².